The molecule has 0 spiro atoms. The minimum Gasteiger partial charge on any atom is -0.495 e. The predicted molar refractivity (Wildman–Crippen MR) is 71.3 cm³/mol. The Hall–Kier alpha value is -2.30. The Morgan fingerprint density at radius 2 is 2.11 bits per heavy atom. The maximum Gasteiger partial charge on any atom is 0.232 e. The van der Waals surface area contributed by atoms with Gasteiger partial charge < -0.3 is 14.5 Å². The van der Waals surface area contributed by atoms with Crippen LogP contribution in [0.25, 0.3) is 0 Å². The van der Waals surface area contributed by atoms with Gasteiger partial charge in [-0.1, -0.05) is 12.1 Å². The van der Waals surface area contributed by atoms with Gasteiger partial charge in [-0.2, -0.15) is 0 Å². The molecule has 5 nitrogen and oxygen atoms in total. The highest BCUT2D eigenvalue weighted by molar-refractivity contribution is 5.93. The van der Waals surface area contributed by atoms with Gasteiger partial charge in [-0.3, -0.25) is 4.79 Å². The number of benzene rings is 1. The van der Waals surface area contributed by atoms with Crippen molar-refractivity contribution in [3.05, 3.63) is 41.6 Å². The van der Waals surface area contributed by atoms with Crippen molar-refractivity contribution < 1.29 is 13.9 Å². The van der Waals surface area contributed by atoms with Crippen LogP contribution in [0.2, 0.25) is 0 Å². The molecule has 0 saturated heterocycles. The monoisotopic (exact) mass is 260 g/mol. The topological polar surface area (TPSA) is 64.4 Å². The number of hydrogen-bond donors (Lipinski definition) is 1. The first-order valence-corrected chi connectivity index (χ1v) is 5.96. The van der Waals surface area contributed by atoms with Gasteiger partial charge in [-0.15, -0.1) is 0 Å². The summed E-state index contributed by atoms with van der Waals surface area (Å²) in [4.78, 5) is 16.1. The molecule has 1 aromatic carbocycles. The fourth-order valence-corrected chi connectivity index (χ4v) is 1.83. The number of anilines is 1. The van der Waals surface area contributed by atoms with E-state index in [1.54, 1.807) is 26.2 Å². The van der Waals surface area contributed by atoms with Gasteiger partial charge in [0, 0.05) is 6.92 Å². The first-order valence-electron chi connectivity index (χ1n) is 5.96. The Kier molecular flexibility index (Phi) is 3.85. The molecule has 100 valence electrons. The van der Waals surface area contributed by atoms with Crippen LogP contribution in [0.3, 0.4) is 0 Å². The van der Waals surface area contributed by atoms with E-state index >= 15 is 0 Å². The number of carbonyl (C=O) groups is 1. The first kappa shape index (κ1) is 13.1. The second-order valence-electron chi connectivity index (χ2n) is 4.17. The van der Waals surface area contributed by atoms with Gasteiger partial charge in [0.15, 0.2) is 5.89 Å². The molecule has 1 N–H and O–H groups in total. The number of ether oxygens (including phenoxy) is 1. The van der Waals surface area contributed by atoms with Crippen molar-refractivity contribution in [2.45, 2.75) is 20.3 Å². The maximum atomic E-state index is 12.0. The molecule has 19 heavy (non-hydrogen) atoms. The van der Waals surface area contributed by atoms with Crippen LogP contribution in [-0.4, -0.2) is 18.0 Å². The summed E-state index contributed by atoms with van der Waals surface area (Å²) in [6, 6.07) is 7.26. The number of amides is 1. The van der Waals surface area contributed by atoms with Crippen molar-refractivity contribution >= 4 is 11.6 Å². The Labute approximate surface area is 111 Å². The summed E-state index contributed by atoms with van der Waals surface area (Å²) >= 11 is 0. The maximum absolute atomic E-state index is 12.0. The van der Waals surface area contributed by atoms with Crippen molar-refractivity contribution in [1.29, 1.82) is 0 Å². The highest BCUT2D eigenvalue weighted by Crippen LogP contribution is 2.23. The van der Waals surface area contributed by atoms with E-state index in [2.05, 4.69) is 10.3 Å². The van der Waals surface area contributed by atoms with Gasteiger partial charge in [-0.05, 0) is 19.1 Å². The lowest BCUT2D eigenvalue weighted by Crippen LogP contribution is -2.15. The van der Waals surface area contributed by atoms with Crippen molar-refractivity contribution in [3.63, 3.8) is 0 Å². The zero-order chi connectivity index (χ0) is 13.8. The van der Waals surface area contributed by atoms with Crippen molar-refractivity contribution in [1.82, 2.24) is 4.98 Å². The van der Waals surface area contributed by atoms with Crippen LogP contribution >= 0.6 is 0 Å². The largest absolute Gasteiger partial charge is 0.495 e. The number of methoxy groups -OCH3 is 1. The van der Waals surface area contributed by atoms with Gasteiger partial charge >= 0.3 is 0 Å². The van der Waals surface area contributed by atoms with E-state index < -0.39 is 0 Å². The Morgan fingerprint density at radius 3 is 2.74 bits per heavy atom. The molecular weight excluding hydrogens is 244 g/mol. The molecule has 0 saturated carbocycles. The van der Waals surface area contributed by atoms with Crippen LogP contribution in [0.15, 0.2) is 28.7 Å². The summed E-state index contributed by atoms with van der Waals surface area (Å²) in [5, 5.41) is 2.79. The lowest BCUT2D eigenvalue weighted by Gasteiger charge is -2.09. The molecule has 5 heteroatoms. The van der Waals surface area contributed by atoms with Crippen LogP contribution in [0, 0.1) is 13.8 Å². The minimum absolute atomic E-state index is 0.157. The van der Waals surface area contributed by atoms with E-state index in [-0.39, 0.29) is 12.3 Å². The molecule has 0 atom stereocenters. The lowest BCUT2D eigenvalue weighted by atomic mass is 10.2. The van der Waals surface area contributed by atoms with E-state index in [0.717, 1.165) is 5.69 Å². The molecule has 2 rings (SSSR count). The third-order valence-corrected chi connectivity index (χ3v) is 2.70. The normalized spacial score (nSPS) is 10.3. The third kappa shape index (κ3) is 3.13. The van der Waals surface area contributed by atoms with E-state index in [0.29, 0.717) is 23.1 Å². The number of nitrogens with zero attached hydrogens (tertiary/aromatic N) is 1. The zero-order valence-electron chi connectivity index (χ0n) is 11.2. The molecule has 0 bridgehead atoms. The molecule has 0 unspecified atom stereocenters. The van der Waals surface area contributed by atoms with Crippen molar-refractivity contribution in [2.75, 3.05) is 12.4 Å². The quantitative estimate of drug-likeness (QED) is 0.917. The SMILES string of the molecule is COc1ccccc1NC(=O)Cc1oc(C)nc1C. The van der Waals surface area contributed by atoms with Gasteiger partial charge in [-0.25, -0.2) is 4.98 Å². The average Bonchev–Trinajstić information content (AvgIpc) is 2.68. The van der Waals surface area contributed by atoms with Gasteiger partial charge in [0.05, 0.1) is 24.9 Å². The fraction of sp³-hybridized carbons (Fsp3) is 0.286. The van der Waals surface area contributed by atoms with E-state index in [4.69, 9.17) is 9.15 Å². The summed E-state index contributed by atoms with van der Waals surface area (Å²) < 4.78 is 10.5. The number of aromatic nitrogens is 1. The molecule has 0 aliphatic heterocycles. The average molecular weight is 260 g/mol. The number of carbonyl (C=O) groups excluding carboxylic acids is 1. The molecule has 2 aromatic rings. The molecule has 1 heterocycles. The Bertz CT molecular complexity index is 590. The summed E-state index contributed by atoms with van der Waals surface area (Å²) in [6.45, 7) is 3.58. The van der Waals surface area contributed by atoms with Crippen LogP contribution in [0.4, 0.5) is 5.69 Å². The van der Waals surface area contributed by atoms with Crippen molar-refractivity contribution in [3.8, 4) is 5.75 Å². The number of aryl methyl sites for hydroxylation is 2. The van der Waals surface area contributed by atoms with E-state index in [1.165, 1.54) is 0 Å². The molecule has 1 amide bonds. The Balaban J connectivity index is 2.07. The van der Waals surface area contributed by atoms with Crippen molar-refractivity contribution in [2.24, 2.45) is 0 Å². The summed E-state index contributed by atoms with van der Waals surface area (Å²) in [5.74, 6) is 1.62. The number of oxazole rings is 1. The van der Waals surface area contributed by atoms with Crippen LogP contribution in [-0.2, 0) is 11.2 Å². The van der Waals surface area contributed by atoms with E-state index in [1.807, 2.05) is 19.1 Å². The summed E-state index contributed by atoms with van der Waals surface area (Å²) in [5.41, 5.74) is 1.39. The smallest absolute Gasteiger partial charge is 0.232 e. The number of nitrogens with one attached hydrogen (secondary N) is 1. The van der Waals surface area contributed by atoms with Crippen LogP contribution < -0.4 is 10.1 Å². The molecule has 0 radical (unpaired) electrons. The molecular formula is C14H16N2O3. The summed E-state index contributed by atoms with van der Waals surface area (Å²) in [7, 11) is 1.56. The second kappa shape index (κ2) is 5.56. The highest BCUT2D eigenvalue weighted by Gasteiger charge is 2.13. The van der Waals surface area contributed by atoms with Gasteiger partial charge in [0.1, 0.15) is 11.5 Å². The molecule has 0 fully saturated rings. The third-order valence-electron chi connectivity index (χ3n) is 2.70. The van der Waals surface area contributed by atoms with Crippen LogP contribution in [0.1, 0.15) is 17.3 Å². The Morgan fingerprint density at radius 1 is 1.37 bits per heavy atom. The predicted octanol–water partition coefficient (Wildman–Crippen LogP) is 2.48. The van der Waals surface area contributed by atoms with E-state index in [9.17, 15) is 4.79 Å². The molecule has 1 aromatic heterocycles. The number of para-hydroxylation sites is 2. The van der Waals surface area contributed by atoms with Crippen LogP contribution in [0.5, 0.6) is 5.75 Å². The summed E-state index contributed by atoms with van der Waals surface area (Å²) in [6.07, 6.45) is 0.157. The zero-order valence-corrected chi connectivity index (χ0v) is 11.2. The molecule has 0 aliphatic carbocycles. The fourth-order valence-electron chi connectivity index (χ4n) is 1.83. The number of hydrogen-bond acceptors (Lipinski definition) is 4. The standard InChI is InChI=1S/C14H16N2O3/c1-9-13(19-10(2)15-9)8-14(17)16-11-6-4-5-7-12(11)18-3/h4-7H,8H2,1-3H3,(H,16,17). The highest BCUT2D eigenvalue weighted by atomic mass is 16.5. The first-order chi connectivity index (χ1) is 9.10. The molecule has 0 aliphatic rings. The second-order valence-corrected chi connectivity index (χ2v) is 4.17. The number of rotatable bonds is 4. The van der Waals surface area contributed by atoms with Gasteiger partial charge in [0.25, 0.3) is 0 Å². The minimum atomic E-state index is -0.163. The lowest BCUT2D eigenvalue weighted by molar-refractivity contribution is -0.115. The van der Waals surface area contributed by atoms with Gasteiger partial charge in [0.2, 0.25) is 5.91 Å².